The zero-order chi connectivity index (χ0) is 27.5. The van der Waals surface area contributed by atoms with E-state index in [2.05, 4.69) is 15.1 Å². The molecule has 2 heterocycles. The molecule has 0 fully saturated rings. The molecule has 0 bridgehead atoms. The van der Waals surface area contributed by atoms with Crippen molar-refractivity contribution in [2.45, 2.75) is 33.3 Å². The number of hydrogen-bond donors (Lipinski definition) is 0. The number of nitrogens with zero attached hydrogens (tertiary/aromatic N) is 3. The van der Waals surface area contributed by atoms with Crippen molar-refractivity contribution < 1.29 is 18.8 Å². The Morgan fingerprint density at radius 2 is 1.69 bits per heavy atom. The first-order valence-corrected chi connectivity index (χ1v) is 13.2. The minimum atomic E-state index is -0.486. The Hall–Kier alpha value is -3.94. The van der Waals surface area contributed by atoms with Crippen LogP contribution in [0.15, 0.2) is 71.4 Å². The number of benzene rings is 3. The smallest absolute Gasteiger partial charge is 0.358 e. The molecule has 0 aliphatic heterocycles. The Kier molecular flexibility index (Phi) is 7.82. The Morgan fingerprint density at radius 1 is 0.974 bits per heavy atom. The van der Waals surface area contributed by atoms with Gasteiger partial charge >= 0.3 is 5.97 Å². The summed E-state index contributed by atoms with van der Waals surface area (Å²) in [6.45, 7) is 6.33. The van der Waals surface area contributed by atoms with E-state index in [1.54, 1.807) is 25.1 Å². The van der Waals surface area contributed by atoms with Crippen molar-refractivity contribution in [3.05, 3.63) is 93.9 Å². The van der Waals surface area contributed by atoms with Gasteiger partial charge in [-0.25, -0.2) is 9.78 Å². The van der Waals surface area contributed by atoms with E-state index in [-0.39, 0.29) is 24.8 Å². The summed E-state index contributed by atoms with van der Waals surface area (Å²) >= 11 is 12.9. The van der Waals surface area contributed by atoms with Gasteiger partial charge in [-0.2, -0.15) is 0 Å². The Morgan fingerprint density at radius 3 is 2.38 bits per heavy atom. The van der Waals surface area contributed by atoms with Crippen molar-refractivity contribution in [3.63, 3.8) is 0 Å². The second-order valence-corrected chi connectivity index (χ2v) is 9.93. The van der Waals surface area contributed by atoms with Crippen LogP contribution in [0.3, 0.4) is 0 Å². The third-order valence-electron chi connectivity index (χ3n) is 6.14. The first kappa shape index (κ1) is 26.7. The van der Waals surface area contributed by atoms with E-state index >= 15 is 0 Å². The zero-order valence-corrected chi connectivity index (χ0v) is 23.1. The summed E-state index contributed by atoms with van der Waals surface area (Å²) in [7, 11) is 0. The predicted molar refractivity (Wildman–Crippen MR) is 151 cm³/mol. The van der Waals surface area contributed by atoms with Crippen LogP contribution in [0.1, 0.15) is 48.5 Å². The number of rotatable bonds is 8. The van der Waals surface area contributed by atoms with Crippen molar-refractivity contribution in [3.8, 4) is 28.1 Å². The molecule has 0 aliphatic carbocycles. The number of aromatic nitrogens is 3. The van der Waals surface area contributed by atoms with Crippen LogP contribution < -0.4 is 4.74 Å². The highest BCUT2D eigenvalue weighted by Crippen LogP contribution is 2.39. The van der Waals surface area contributed by atoms with Crippen molar-refractivity contribution in [1.29, 1.82) is 0 Å². The highest BCUT2D eigenvalue weighted by molar-refractivity contribution is 6.39. The van der Waals surface area contributed by atoms with Crippen molar-refractivity contribution in [2.24, 2.45) is 0 Å². The molecule has 2 aromatic heterocycles. The molecule has 9 heteroatoms. The molecule has 0 N–H and O–H groups in total. The first-order chi connectivity index (χ1) is 18.9. The number of esters is 1. The van der Waals surface area contributed by atoms with Gasteiger partial charge in [-0.05, 0) is 54.4 Å². The van der Waals surface area contributed by atoms with E-state index in [1.165, 1.54) is 6.20 Å². The van der Waals surface area contributed by atoms with Gasteiger partial charge in [0.15, 0.2) is 5.69 Å². The first-order valence-electron chi connectivity index (χ1n) is 12.5. The third-order valence-corrected chi connectivity index (χ3v) is 6.77. The van der Waals surface area contributed by atoms with E-state index in [9.17, 15) is 4.79 Å². The summed E-state index contributed by atoms with van der Waals surface area (Å²) in [4.78, 5) is 20.7. The van der Waals surface area contributed by atoms with Gasteiger partial charge in [0.1, 0.15) is 23.8 Å². The number of fused-ring (bicyclic) bond motifs is 1. The molecule has 5 aromatic rings. The molecule has 0 unspecified atom stereocenters. The monoisotopic (exact) mass is 561 g/mol. The van der Waals surface area contributed by atoms with Crippen LogP contribution >= 0.6 is 23.2 Å². The largest absolute Gasteiger partial charge is 0.489 e. The number of carbonyl (C=O) groups excluding carboxylic acids is 1. The molecule has 0 radical (unpaired) electrons. The normalized spacial score (nSPS) is 11.2. The minimum Gasteiger partial charge on any atom is -0.489 e. The van der Waals surface area contributed by atoms with Crippen LogP contribution in [-0.4, -0.2) is 27.7 Å². The van der Waals surface area contributed by atoms with E-state index < -0.39 is 5.97 Å². The molecule has 0 amide bonds. The van der Waals surface area contributed by atoms with Crippen LogP contribution in [0.4, 0.5) is 0 Å². The highest BCUT2D eigenvalue weighted by atomic mass is 35.5. The Labute approximate surface area is 235 Å². The molecule has 5 rings (SSSR count). The van der Waals surface area contributed by atoms with Crippen molar-refractivity contribution in [2.75, 3.05) is 6.61 Å². The minimum absolute atomic E-state index is 0.0952. The fourth-order valence-corrected chi connectivity index (χ4v) is 4.80. The standard InChI is InChI=1S/C30H25Cl2N3O4/c1-4-37-30(36)26-15-33-25-14-19(10-13-24(25)34-26)18-8-11-20(12-9-18)38-16-21-28(35-39-29(21)17(2)3)27-22(31)6-5-7-23(27)32/h5-15,17H,4,16H2,1-3H3. The molecule has 0 spiro atoms. The number of hydrogen-bond acceptors (Lipinski definition) is 7. The molecule has 7 nitrogen and oxygen atoms in total. The second-order valence-electron chi connectivity index (χ2n) is 9.12. The molecular weight excluding hydrogens is 537 g/mol. The number of carbonyl (C=O) groups is 1. The second kappa shape index (κ2) is 11.4. The van der Waals surface area contributed by atoms with Gasteiger partial charge in [-0.1, -0.05) is 66.5 Å². The van der Waals surface area contributed by atoms with E-state index in [0.29, 0.717) is 38.1 Å². The van der Waals surface area contributed by atoms with Crippen molar-refractivity contribution >= 4 is 40.2 Å². The summed E-state index contributed by atoms with van der Waals surface area (Å²) in [5.41, 5.74) is 5.44. The van der Waals surface area contributed by atoms with Gasteiger partial charge in [0.05, 0.1) is 39.4 Å². The lowest BCUT2D eigenvalue weighted by Crippen LogP contribution is -2.07. The lowest BCUT2D eigenvalue weighted by Gasteiger charge is -2.11. The van der Waals surface area contributed by atoms with Gasteiger partial charge < -0.3 is 14.0 Å². The van der Waals surface area contributed by atoms with E-state index in [1.807, 2.05) is 56.3 Å². The molecule has 0 saturated carbocycles. The van der Waals surface area contributed by atoms with Gasteiger partial charge in [-0.3, -0.25) is 4.98 Å². The lowest BCUT2D eigenvalue weighted by molar-refractivity contribution is 0.0519. The van der Waals surface area contributed by atoms with Crippen molar-refractivity contribution in [1.82, 2.24) is 15.1 Å². The van der Waals surface area contributed by atoms with Gasteiger partial charge in [0.25, 0.3) is 0 Å². The molecule has 3 aromatic carbocycles. The maximum atomic E-state index is 12.0. The molecule has 0 aliphatic rings. The maximum absolute atomic E-state index is 12.0. The highest BCUT2D eigenvalue weighted by Gasteiger charge is 2.24. The summed E-state index contributed by atoms with van der Waals surface area (Å²) < 4.78 is 16.8. The summed E-state index contributed by atoms with van der Waals surface area (Å²) in [6, 6.07) is 18.8. The van der Waals surface area contributed by atoms with Crippen LogP contribution in [0, 0.1) is 0 Å². The van der Waals surface area contributed by atoms with Crippen LogP contribution in [0.25, 0.3) is 33.4 Å². The van der Waals surface area contributed by atoms with E-state index in [4.69, 9.17) is 37.2 Å². The maximum Gasteiger partial charge on any atom is 0.358 e. The fraction of sp³-hybridized carbons (Fsp3) is 0.200. The van der Waals surface area contributed by atoms with Crippen LogP contribution in [0.5, 0.6) is 5.75 Å². The molecule has 39 heavy (non-hydrogen) atoms. The SMILES string of the molecule is CCOC(=O)c1cnc2cc(-c3ccc(OCc4c(-c5c(Cl)cccc5Cl)noc4C(C)C)cc3)ccc2n1. The van der Waals surface area contributed by atoms with E-state index in [0.717, 1.165) is 22.5 Å². The molecular formula is C30H25Cl2N3O4. The predicted octanol–water partition coefficient (Wildman–Crippen LogP) is 8.14. The Balaban J connectivity index is 1.36. The topological polar surface area (TPSA) is 87.3 Å². The van der Waals surface area contributed by atoms with Gasteiger partial charge in [0, 0.05) is 11.5 Å². The van der Waals surface area contributed by atoms with Gasteiger partial charge in [0.2, 0.25) is 0 Å². The van der Waals surface area contributed by atoms with Gasteiger partial charge in [-0.15, -0.1) is 0 Å². The van der Waals surface area contributed by atoms with Crippen LogP contribution in [0.2, 0.25) is 10.0 Å². The Bertz CT molecular complexity index is 1630. The number of ether oxygens (including phenoxy) is 2. The molecule has 0 atom stereocenters. The lowest BCUT2D eigenvalue weighted by atomic mass is 10.0. The quantitative estimate of drug-likeness (QED) is 0.176. The summed E-state index contributed by atoms with van der Waals surface area (Å²) in [5, 5.41) is 5.27. The average molecular weight is 562 g/mol. The third kappa shape index (κ3) is 5.60. The molecule has 198 valence electrons. The zero-order valence-electron chi connectivity index (χ0n) is 21.6. The molecule has 0 saturated heterocycles. The summed E-state index contributed by atoms with van der Waals surface area (Å²) in [6.07, 6.45) is 1.43. The number of halogens is 2. The fourth-order valence-electron chi connectivity index (χ4n) is 4.23. The van der Waals surface area contributed by atoms with Crippen LogP contribution in [-0.2, 0) is 11.3 Å². The average Bonchev–Trinajstić information content (AvgIpc) is 3.35. The summed E-state index contributed by atoms with van der Waals surface area (Å²) in [5.74, 6) is 1.02.